The van der Waals surface area contributed by atoms with E-state index in [0.717, 1.165) is 34.5 Å². The van der Waals surface area contributed by atoms with Crippen LogP contribution in [0.3, 0.4) is 0 Å². The first-order valence-electron chi connectivity index (χ1n) is 18.0. The van der Waals surface area contributed by atoms with Crippen molar-refractivity contribution in [2.24, 2.45) is 11.3 Å². The van der Waals surface area contributed by atoms with E-state index in [0.29, 0.717) is 51.9 Å². The second-order valence-corrected chi connectivity index (χ2v) is 17.2. The first-order chi connectivity index (χ1) is 23.5. The van der Waals surface area contributed by atoms with Gasteiger partial charge in [0.2, 0.25) is 11.8 Å². The number of amides is 4. The van der Waals surface area contributed by atoms with Crippen LogP contribution in [0.1, 0.15) is 104 Å². The Kier molecular flexibility index (Phi) is 11.3. The first kappa shape index (κ1) is 37.7. The summed E-state index contributed by atoms with van der Waals surface area (Å²) in [6.07, 6.45) is 3.72. The van der Waals surface area contributed by atoms with Crippen molar-refractivity contribution in [1.29, 1.82) is 0 Å². The standard InChI is InChI=1S/C38H55N5O6S/c1-24(27-11-13-28(14-12-27)30-25(2)39-23-50-30)40-32(44)29-10-9-19-43(29)33(45)31(36(3,4)5)41-34(46)38(17-18-38)48-22-26-15-20-42(21-16-26)35(47)49-37(6,7)8/h11-14,23-24,26,29,31H,9-10,15-22H2,1-8H3,(H,40,44)(H,41,46). The zero-order valence-corrected chi connectivity index (χ0v) is 31.8. The van der Waals surface area contributed by atoms with Gasteiger partial charge in [0.05, 0.1) is 28.7 Å². The third-order valence-electron chi connectivity index (χ3n) is 9.98. The molecule has 0 spiro atoms. The molecule has 3 aliphatic rings. The summed E-state index contributed by atoms with van der Waals surface area (Å²) >= 11 is 1.60. The minimum atomic E-state index is -0.947. The maximum absolute atomic E-state index is 14.1. The van der Waals surface area contributed by atoms with Gasteiger partial charge in [0.25, 0.3) is 5.91 Å². The van der Waals surface area contributed by atoms with E-state index in [4.69, 9.17) is 9.47 Å². The molecule has 5 rings (SSSR count). The Balaban J connectivity index is 1.15. The van der Waals surface area contributed by atoms with Gasteiger partial charge < -0.3 is 29.9 Å². The van der Waals surface area contributed by atoms with Crippen LogP contribution in [0.4, 0.5) is 4.79 Å². The van der Waals surface area contributed by atoms with E-state index >= 15 is 0 Å². The second-order valence-electron chi connectivity index (χ2n) is 16.3. The number of rotatable bonds is 10. The molecule has 1 aliphatic carbocycles. The molecule has 50 heavy (non-hydrogen) atoms. The molecule has 11 nitrogen and oxygen atoms in total. The van der Waals surface area contributed by atoms with Crippen molar-refractivity contribution < 1.29 is 28.7 Å². The lowest BCUT2D eigenvalue weighted by Gasteiger charge is -2.37. The van der Waals surface area contributed by atoms with Gasteiger partial charge in [-0.05, 0) is 95.6 Å². The predicted molar refractivity (Wildman–Crippen MR) is 193 cm³/mol. The third-order valence-corrected chi connectivity index (χ3v) is 11.0. The molecule has 2 aromatic rings. The molecular formula is C38H55N5O6S. The van der Waals surface area contributed by atoms with Crippen LogP contribution in [0.2, 0.25) is 0 Å². The average molecular weight is 710 g/mol. The van der Waals surface area contributed by atoms with Crippen molar-refractivity contribution in [2.45, 2.75) is 123 Å². The smallest absolute Gasteiger partial charge is 0.410 e. The number of nitrogens with one attached hydrogen (secondary N) is 2. The summed E-state index contributed by atoms with van der Waals surface area (Å²) in [4.78, 5) is 62.8. The first-order valence-corrected chi connectivity index (χ1v) is 18.9. The monoisotopic (exact) mass is 709 g/mol. The highest BCUT2D eigenvalue weighted by molar-refractivity contribution is 7.13. The Morgan fingerprint density at radius 1 is 0.980 bits per heavy atom. The number of hydrogen-bond acceptors (Lipinski definition) is 8. The second kappa shape index (κ2) is 15.0. The molecule has 3 fully saturated rings. The summed E-state index contributed by atoms with van der Waals surface area (Å²) in [7, 11) is 0. The fourth-order valence-electron chi connectivity index (χ4n) is 6.71. The topological polar surface area (TPSA) is 130 Å². The largest absolute Gasteiger partial charge is 0.444 e. The number of carbonyl (C=O) groups is 4. The SMILES string of the molecule is Cc1ncsc1-c1ccc(C(C)NC(=O)C2CCCN2C(=O)C(NC(=O)C2(OCC3CCN(C(=O)OC(C)(C)C)CC3)CC2)C(C)(C)C)cc1. The molecule has 3 heterocycles. The van der Waals surface area contributed by atoms with E-state index in [1.54, 1.807) is 21.1 Å². The van der Waals surface area contributed by atoms with Crippen molar-refractivity contribution in [3.8, 4) is 10.4 Å². The molecule has 1 aromatic heterocycles. The number of aryl methyl sites for hydroxylation is 1. The number of ether oxygens (including phenoxy) is 2. The number of benzene rings is 1. The molecule has 0 radical (unpaired) electrons. The summed E-state index contributed by atoms with van der Waals surface area (Å²) in [5.74, 6) is -0.483. The van der Waals surface area contributed by atoms with Crippen LogP contribution in [0.25, 0.3) is 10.4 Å². The number of hydrogen-bond donors (Lipinski definition) is 2. The van der Waals surface area contributed by atoms with Crippen molar-refractivity contribution in [2.75, 3.05) is 26.2 Å². The highest BCUT2D eigenvalue weighted by atomic mass is 32.1. The van der Waals surface area contributed by atoms with Crippen molar-refractivity contribution in [3.05, 3.63) is 41.0 Å². The molecule has 2 N–H and O–H groups in total. The van der Waals surface area contributed by atoms with Crippen LogP contribution < -0.4 is 10.6 Å². The van der Waals surface area contributed by atoms with Gasteiger partial charge in [-0.3, -0.25) is 14.4 Å². The lowest BCUT2D eigenvalue weighted by atomic mass is 9.85. The molecule has 274 valence electrons. The van der Waals surface area contributed by atoms with Gasteiger partial charge in [-0.15, -0.1) is 11.3 Å². The third kappa shape index (κ3) is 9.04. The number of carbonyl (C=O) groups excluding carboxylic acids is 4. The molecule has 3 atom stereocenters. The van der Waals surface area contributed by atoms with Gasteiger partial charge in [0.1, 0.15) is 23.3 Å². The normalized spacial score (nSPS) is 20.6. The number of likely N-dealkylation sites (tertiary alicyclic amines) is 2. The van der Waals surface area contributed by atoms with Gasteiger partial charge in [-0.1, -0.05) is 45.0 Å². The summed E-state index contributed by atoms with van der Waals surface area (Å²) in [6.45, 7) is 17.4. The van der Waals surface area contributed by atoms with Crippen molar-refractivity contribution in [3.63, 3.8) is 0 Å². The van der Waals surface area contributed by atoms with Gasteiger partial charge >= 0.3 is 6.09 Å². The van der Waals surface area contributed by atoms with E-state index in [9.17, 15) is 19.2 Å². The molecule has 4 amide bonds. The number of aromatic nitrogens is 1. The van der Waals surface area contributed by atoms with Crippen LogP contribution >= 0.6 is 11.3 Å². The van der Waals surface area contributed by atoms with Crippen molar-refractivity contribution >= 4 is 35.2 Å². The highest BCUT2D eigenvalue weighted by Gasteiger charge is 2.54. The summed E-state index contributed by atoms with van der Waals surface area (Å²) in [5.41, 5.74) is 2.83. The van der Waals surface area contributed by atoms with Crippen molar-refractivity contribution in [1.82, 2.24) is 25.4 Å². The van der Waals surface area contributed by atoms with Crippen LogP contribution in [0.15, 0.2) is 29.8 Å². The van der Waals surface area contributed by atoms with E-state index in [-0.39, 0.29) is 35.8 Å². The van der Waals surface area contributed by atoms with E-state index in [1.807, 2.05) is 85.2 Å². The molecule has 1 aromatic carbocycles. The van der Waals surface area contributed by atoms with Crippen LogP contribution in [-0.4, -0.2) is 88.1 Å². The minimum Gasteiger partial charge on any atom is -0.444 e. The van der Waals surface area contributed by atoms with Gasteiger partial charge in [0, 0.05) is 19.6 Å². The quantitative estimate of drug-likeness (QED) is 0.309. The Labute approximate surface area is 300 Å². The Morgan fingerprint density at radius 2 is 1.64 bits per heavy atom. The van der Waals surface area contributed by atoms with Crippen LogP contribution in [0, 0.1) is 18.3 Å². The Hall–Kier alpha value is -3.51. The number of piperidine rings is 1. The molecule has 2 saturated heterocycles. The fourth-order valence-corrected chi connectivity index (χ4v) is 7.52. The molecule has 0 bridgehead atoms. The van der Waals surface area contributed by atoms with Gasteiger partial charge in [-0.25, -0.2) is 9.78 Å². The average Bonchev–Trinajstić information content (AvgIpc) is 3.46. The maximum Gasteiger partial charge on any atom is 0.410 e. The number of thiazole rings is 1. The molecule has 1 saturated carbocycles. The molecule has 12 heteroatoms. The maximum atomic E-state index is 14.1. The summed E-state index contributed by atoms with van der Waals surface area (Å²) in [5, 5.41) is 6.18. The predicted octanol–water partition coefficient (Wildman–Crippen LogP) is 6.01. The van der Waals surface area contributed by atoms with Gasteiger partial charge in [0.15, 0.2) is 0 Å². The lowest BCUT2D eigenvalue weighted by Crippen LogP contribution is -2.59. The van der Waals surface area contributed by atoms with E-state index < -0.39 is 28.7 Å². The molecule has 2 aliphatic heterocycles. The minimum absolute atomic E-state index is 0.190. The molecular weight excluding hydrogens is 655 g/mol. The van der Waals surface area contributed by atoms with E-state index in [1.165, 1.54) is 0 Å². The van der Waals surface area contributed by atoms with E-state index in [2.05, 4.69) is 15.6 Å². The van der Waals surface area contributed by atoms with Gasteiger partial charge in [-0.2, -0.15) is 0 Å². The summed E-state index contributed by atoms with van der Waals surface area (Å²) in [6, 6.07) is 6.46. The summed E-state index contributed by atoms with van der Waals surface area (Å²) < 4.78 is 11.8. The zero-order valence-electron chi connectivity index (χ0n) is 31.0. The fraction of sp³-hybridized carbons (Fsp3) is 0.658. The Bertz CT molecular complexity index is 1530. The number of nitrogens with zero attached hydrogens (tertiary/aromatic N) is 3. The zero-order chi connectivity index (χ0) is 36.4. The lowest BCUT2D eigenvalue weighted by molar-refractivity contribution is -0.147. The van der Waals surface area contributed by atoms with Crippen LogP contribution in [0.5, 0.6) is 0 Å². The highest BCUT2D eigenvalue weighted by Crippen LogP contribution is 2.41. The van der Waals surface area contributed by atoms with Crippen LogP contribution in [-0.2, 0) is 23.9 Å². The Morgan fingerprint density at radius 3 is 2.20 bits per heavy atom. The molecule has 3 unspecified atom stereocenters.